The number of likely N-dealkylation sites (tertiary alicyclic amines) is 1. The van der Waals surface area contributed by atoms with Crippen LogP contribution in [0.5, 0.6) is 0 Å². The summed E-state index contributed by atoms with van der Waals surface area (Å²) in [4.78, 5) is 13.9. The molecule has 3 heteroatoms. The molecule has 2 bridgehead atoms. The predicted octanol–water partition coefficient (Wildman–Crippen LogP) is 1.78. The van der Waals surface area contributed by atoms with Crippen LogP contribution in [-0.2, 0) is 4.79 Å². The molecule has 0 aromatic rings. The molecule has 13 heavy (non-hydrogen) atoms. The van der Waals surface area contributed by atoms with Crippen molar-refractivity contribution in [2.45, 2.75) is 45.2 Å². The lowest BCUT2D eigenvalue weighted by Crippen LogP contribution is -2.45. The maximum Gasteiger partial charge on any atom is 0.186 e. The highest BCUT2D eigenvalue weighted by molar-refractivity contribution is 7.82. The highest BCUT2D eigenvalue weighted by Gasteiger charge is 2.44. The fourth-order valence-electron chi connectivity index (χ4n) is 2.77. The maximum atomic E-state index is 11.2. The Morgan fingerprint density at radius 2 is 2.15 bits per heavy atom. The number of nitrogens with zero attached hydrogens (tertiary/aromatic N) is 1. The zero-order valence-electron chi connectivity index (χ0n) is 8.12. The van der Waals surface area contributed by atoms with Gasteiger partial charge in [0, 0.05) is 19.0 Å². The number of carbonyl (C=O) groups is 1. The summed E-state index contributed by atoms with van der Waals surface area (Å²) < 4.78 is 0. The number of rotatable bonds is 1. The second-order valence-corrected chi connectivity index (χ2v) is 4.62. The van der Waals surface area contributed by atoms with Crippen LogP contribution in [0.15, 0.2) is 0 Å². The summed E-state index contributed by atoms with van der Waals surface area (Å²) in [5.74, 6) is 0.830. The van der Waals surface area contributed by atoms with E-state index in [9.17, 15) is 4.79 Å². The molecule has 0 amide bonds. The largest absolute Gasteiger partial charge is 0.354 e. The number of piperidine rings is 1. The zero-order valence-corrected chi connectivity index (χ0v) is 8.93. The van der Waals surface area contributed by atoms with Crippen LogP contribution in [0.2, 0.25) is 0 Å². The Bertz CT molecular complexity index is 262. The quantitative estimate of drug-likeness (QED) is 0.598. The van der Waals surface area contributed by atoms with Gasteiger partial charge >= 0.3 is 0 Å². The fraction of sp³-hybridized carbons (Fsp3) is 0.800. The molecule has 2 fully saturated rings. The SMILES string of the molecule is CC(=O)C(=S)N1C2CCC(C2)[C@H]1C. The average molecular weight is 197 g/mol. The van der Waals surface area contributed by atoms with E-state index in [1.807, 2.05) is 0 Å². The van der Waals surface area contributed by atoms with Gasteiger partial charge in [0.25, 0.3) is 0 Å². The van der Waals surface area contributed by atoms with E-state index in [-0.39, 0.29) is 5.78 Å². The molecule has 2 aliphatic rings. The summed E-state index contributed by atoms with van der Waals surface area (Å²) in [7, 11) is 0. The first-order valence-electron chi connectivity index (χ1n) is 4.94. The van der Waals surface area contributed by atoms with Crippen LogP contribution in [0.25, 0.3) is 0 Å². The Kier molecular flexibility index (Phi) is 2.14. The van der Waals surface area contributed by atoms with Gasteiger partial charge in [-0.05, 0) is 32.1 Å². The smallest absolute Gasteiger partial charge is 0.186 e. The van der Waals surface area contributed by atoms with Gasteiger partial charge in [-0.25, -0.2) is 0 Å². The van der Waals surface area contributed by atoms with E-state index in [1.54, 1.807) is 6.92 Å². The molecular weight excluding hydrogens is 182 g/mol. The summed E-state index contributed by atoms with van der Waals surface area (Å²) in [6.45, 7) is 3.76. The first-order chi connectivity index (χ1) is 6.11. The minimum Gasteiger partial charge on any atom is -0.354 e. The van der Waals surface area contributed by atoms with Crippen LogP contribution in [0.4, 0.5) is 0 Å². The third-order valence-electron chi connectivity index (χ3n) is 3.50. The van der Waals surface area contributed by atoms with Crippen LogP contribution >= 0.6 is 12.2 Å². The number of fused-ring (bicyclic) bond motifs is 2. The van der Waals surface area contributed by atoms with Gasteiger partial charge in [0.05, 0.1) is 0 Å². The molecule has 1 heterocycles. The third kappa shape index (κ3) is 1.30. The van der Waals surface area contributed by atoms with Crippen LogP contribution in [0, 0.1) is 5.92 Å². The molecule has 0 aromatic carbocycles. The second-order valence-electron chi connectivity index (χ2n) is 4.24. The van der Waals surface area contributed by atoms with E-state index < -0.39 is 0 Å². The maximum absolute atomic E-state index is 11.2. The molecular formula is C10H15NOS. The number of Topliss-reactive ketones (excluding diaryl/α,β-unsaturated/α-hetero) is 1. The topological polar surface area (TPSA) is 20.3 Å². The van der Waals surface area contributed by atoms with E-state index >= 15 is 0 Å². The van der Waals surface area contributed by atoms with Gasteiger partial charge in [-0.15, -0.1) is 0 Å². The number of ketones is 1. The first kappa shape index (κ1) is 9.13. The summed E-state index contributed by atoms with van der Waals surface area (Å²) >= 11 is 5.16. The van der Waals surface area contributed by atoms with Crippen LogP contribution in [0.3, 0.4) is 0 Å². The van der Waals surface area contributed by atoms with E-state index in [1.165, 1.54) is 19.3 Å². The van der Waals surface area contributed by atoms with E-state index in [2.05, 4.69) is 11.8 Å². The van der Waals surface area contributed by atoms with Crippen molar-refractivity contribution in [3.8, 4) is 0 Å². The molecule has 2 nitrogen and oxygen atoms in total. The molecule has 1 aliphatic heterocycles. The highest BCUT2D eigenvalue weighted by atomic mass is 32.1. The van der Waals surface area contributed by atoms with Gasteiger partial charge in [0.15, 0.2) is 5.78 Å². The first-order valence-corrected chi connectivity index (χ1v) is 5.35. The van der Waals surface area contributed by atoms with Crippen molar-refractivity contribution in [1.29, 1.82) is 0 Å². The lowest BCUT2D eigenvalue weighted by molar-refractivity contribution is -0.111. The summed E-state index contributed by atoms with van der Waals surface area (Å²) in [6.07, 6.45) is 3.79. The van der Waals surface area contributed by atoms with Crippen molar-refractivity contribution in [3.05, 3.63) is 0 Å². The van der Waals surface area contributed by atoms with Gasteiger partial charge in [-0.1, -0.05) is 12.2 Å². The number of hydrogen-bond acceptors (Lipinski definition) is 2. The van der Waals surface area contributed by atoms with Crippen LogP contribution in [-0.4, -0.2) is 27.8 Å². The molecule has 0 spiro atoms. The standard InChI is InChI=1S/C10H15NOS/c1-6-8-3-4-9(5-8)11(6)10(13)7(2)12/h6,8-9H,3-5H2,1-2H3/t6-,8?,9?/m1/s1. The van der Waals surface area contributed by atoms with Gasteiger partial charge in [0.1, 0.15) is 4.99 Å². The van der Waals surface area contributed by atoms with Crippen LogP contribution in [0.1, 0.15) is 33.1 Å². The Hall–Kier alpha value is -0.440. The van der Waals surface area contributed by atoms with Gasteiger partial charge in [-0.2, -0.15) is 0 Å². The van der Waals surface area contributed by atoms with E-state index in [0.717, 1.165) is 5.92 Å². The molecule has 2 rings (SSSR count). The van der Waals surface area contributed by atoms with Crippen molar-refractivity contribution in [1.82, 2.24) is 4.90 Å². The van der Waals surface area contributed by atoms with Crippen molar-refractivity contribution >= 4 is 23.0 Å². The Balaban J connectivity index is 2.16. The van der Waals surface area contributed by atoms with Gasteiger partial charge in [0.2, 0.25) is 0 Å². The summed E-state index contributed by atoms with van der Waals surface area (Å²) in [5.41, 5.74) is 0. The Morgan fingerprint density at radius 3 is 2.62 bits per heavy atom. The van der Waals surface area contributed by atoms with E-state index in [4.69, 9.17) is 12.2 Å². The molecule has 0 aromatic heterocycles. The minimum absolute atomic E-state index is 0.0504. The van der Waals surface area contributed by atoms with Crippen molar-refractivity contribution < 1.29 is 4.79 Å². The molecule has 1 saturated heterocycles. The van der Waals surface area contributed by atoms with Gasteiger partial charge < -0.3 is 4.90 Å². The molecule has 3 atom stereocenters. The van der Waals surface area contributed by atoms with Crippen molar-refractivity contribution in [2.75, 3.05) is 0 Å². The fourth-order valence-corrected chi connectivity index (χ4v) is 3.09. The summed E-state index contributed by atoms with van der Waals surface area (Å²) in [6, 6.07) is 1.06. The Labute approximate surface area is 84.3 Å². The average Bonchev–Trinajstić information content (AvgIpc) is 2.62. The monoisotopic (exact) mass is 197 g/mol. The number of hydrogen-bond donors (Lipinski definition) is 0. The number of thiocarbonyl (C=S) groups is 1. The van der Waals surface area contributed by atoms with Crippen LogP contribution < -0.4 is 0 Å². The predicted molar refractivity (Wildman–Crippen MR) is 55.7 cm³/mol. The lowest BCUT2D eigenvalue weighted by atomic mass is 10.0. The normalized spacial score (nSPS) is 36.8. The van der Waals surface area contributed by atoms with Crippen molar-refractivity contribution in [3.63, 3.8) is 0 Å². The summed E-state index contributed by atoms with van der Waals surface area (Å²) in [5, 5.41) is 0. The zero-order chi connectivity index (χ0) is 9.59. The van der Waals surface area contributed by atoms with E-state index in [0.29, 0.717) is 17.1 Å². The van der Waals surface area contributed by atoms with Crippen molar-refractivity contribution in [2.24, 2.45) is 5.92 Å². The lowest BCUT2D eigenvalue weighted by Gasteiger charge is -2.34. The molecule has 2 unspecified atom stereocenters. The molecule has 1 saturated carbocycles. The molecule has 0 N–H and O–H groups in total. The minimum atomic E-state index is 0.0504. The van der Waals surface area contributed by atoms with Gasteiger partial charge in [-0.3, -0.25) is 4.79 Å². The third-order valence-corrected chi connectivity index (χ3v) is 3.99. The second kappa shape index (κ2) is 3.05. The molecule has 1 aliphatic carbocycles. The Morgan fingerprint density at radius 1 is 1.46 bits per heavy atom. The highest BCUT2D eigenvalue weighted by Crippen LogP contribution is 2.42. The number of carbonyl (C=O) groups excluding carboxylic acids is 1. The molecule has 0 radical (unpaired) electrons. The molecule has 72 valence electrons.